The van der Waals surface area contributed by atoms with E-state index in [1.807, 2.05) is 7.05 Å². The first-order valence-corrected chi connectivity index (χ1v) is 7.03. The van der Waals surface area contributed by atoms with Gasteiger partial charge in [-0.15, -0.1) is 0 Å². The zero-order valence-corrected chi connectivity index (χ0v) is 11.5. The van der Waals surface area contributed by atoms with E-state index in [4.69, 9.17) is 0 Å². The first-order valence-electron chi connectivity index (χ1n) is 7.03. The minimum absolute atomic E-state index is 0.0388. The maximum atomic E-state index is 12.5. The van der Waals surface area contributed by atoms with Crippen molar-refractivity contribution in [1.82, 2.24) is 10.2 Å². The monoisotopic (exact) mass is 238 g/mol. The Hall–Kier alpha value is -0.570. The molecule has 0 radical (unpaired) electrons. The van der Waals surface area contributed by atoms with Crippen LogP contribution in [0, 0.1) is 5.92 Å². The van der Waals surface area contributed by atoms with Gasteiger partial charge < -0.3 is 10.2 Å². The van der Waals surface area contributed by atoms with Crippen molar-refractivity contribution in [3.05, 3.63) is 0 Å². The molecule has 2 rings (SSSR count). The molecule has 1 saturated heterocycles. The molecule has 1 aliphatic carbocycles. The molecule has 1 aliphatic heterocycles. The molecule has 0 spiro atoms. The topological polar surface area (TPSA) is 32.3 Å². The van der Waals surface area contributed by atoms with E-state index >= 15 is 0 Å². The number of carbonyl (C=O) groups excluding carboxylic acids is 1. The Bertz CT molecular complexity index is 284. The van der Waals surface area contributed by atoms with E-state index < -0.39 is 0 Å². The van der Waals surface area contributed by atoms with E-state index in [9.17, 15) is 4.79 Å². The first-order chi connectivity index (χ1) is 8.04. The third kappa shape index (κ3) is 2.65. The van der Waals surface area contributed by atoms with Gasteiger partial charge in [0.1, 0.15) is 0 Å². The third-order valence-electron chi connectivity index (χ3n) is 4.59. The zero-order chi connectivity index (χ0) is 12.5. The average molecular weight is 238 g/mol. The van der Waals surface area contributed by atoms with Gasteiger partial charge in [0.2, 0.25) is 5.91 Å². The molecule has 0 bridgehead atoms. The number of hydrogen-bond donors (Lipinski definition) is 1. The molecular weight excluding hydrogens is 212 g/mol. The Kier molecular flexibility index (Phi) is 3.76. The summed E-state index contributed by atoms with van der Waals surface area (Å²) in [5, 5.41) is 3.18. The van der Waals surface area contributed by atoms with Crippen LogP contribution in [0.25, 0.3) is 0 Å². The SMILES string of the molecule is CNC1CCCC(C)(C)N(CC2CCC2)C1=O. The molecule has 1 amide bonds. The van der Waals surface area contributed by atoms with Crippen LogP contribution in [-0.2, 0) is 4.79 Å². The number of carbonyl (C=O) groups is 1. The van der Waals surface area contributed by atoms with Crippen LogP contribution in [0.5, 0.6) is 0 Å². The highest BCUT2D eigenvalue weighted by atomic mass is 16.2. The van der Waals surface area contributed by atoms with Crippen LogP contribution in [0.15, 0.2) is 0 Å². The summed E-state index contributed by atoms with van der Waals surface area (Å²) in [6.07, 6.45) is 7.23. The Morgan fingerprint density at radius 2 is 2.00 bits per heavy atom. The van der Waals surface area contributed by atoms with Gasteiger partial charge in [-0.1, -0.05) is 6.42 Å². The molecule has 17 heavy (non-hydrogen) atoms. The summed E-state index contributed by atoms with van der Waals surface area (Å²) >= 11 is 0. The fourth-order valence-electron chi connectivity index (χ4n) is 3.02. The quantitative estimate of drug-likeness (QED) is 0.817. The van der Waals surface area contributed by atoms with E-state index in [2.05, 4.69) is 24.1 Å². The van der Waals surface area contributed by atoms with Gasteiger partial charge in [0, 0.05) is 12.1 Å². The standard InChI is InChI=1S/C14H26N2O/c1-14(2)9-5-8-12(15-3)13(17)16(14)10-11-6-4-7-11/h11-12,15H,4-10H2,1-3H3. The number of amides is 1. The molecule has 2 aliphatic rings. The smallest absolute Gasteiger partial charge is 0.240 e. The number of nitrogens with zero attached hydrogens (tertiary/aromatic N) is 1. The number of rotatable bonds is 3. The predicted molar refractivity (Wildman–Crippen MR) is 69.8 cm³/mol. The largest absolute Gasteiger partial charge is 0.336 e. The highest BCUT2D eigenvalue weighted by Gasteiger charge is 2.38. The lowest BCUT2D eigenvalue weighted by atomic mass is 9.83. The predicted octanol–water partition coefficient (Wildman–Crippen LogP) is 2.17. The Labute approximate surface area is 105 Å². The highest BCUT2D eigenvalue weighted by molar-refractivity contribution is 5.82. The lowest BCUT2D eigenvalue weighted by Gasteiger charge is -2.42. The van der Waals surface area contributed by atoms with Crippen molar-refractivity contribution < 1.29 is 4.79 Å². The van der Waals surface area contributed by atoms with E-state index in [-0.39, 0.29) is 11.6 Å². The summed E-state index contributed by atoms with van der Waals surface area (Å²) in [6.45, 7) is 5.42. The molecule has 1 atom stereocenters. The zero-order valence-electron chi connectivity index (χ0n) is 11.5. The Morgan fingerprint density at radius 3 is 2.53 bits per heavy atom. The molecule has 98 valence electrons. The van der Waals surface area contributed by atoms with Crippen molar-refractivity contribution in [1.29, 1.82) is 0 Å². The van der Waals surface area contributed by atoms with Gasteiger partial charge in [0.25, 0.3) is 0 Å². The van der Waals surface area contributed by atoms with Gasteiger partial charge in [0.05, 0.1) is 6.04 Å². The second kappa shape index (κ2) is 4.97. The minimum atomic E-state index is 0.0388. The normalized spacial score (nSPS) is 29.9. The molecule has 0 aromatic heterocycles. The van der Waals surface area contributed by atoms with Crippen LogP contribution in [0.3, 0.4) is 0 Å². The van der Waals surface area contributed by atoms with E-state index in [0.29, 0.717) is 5.91 Å². The van der Waals surface area contributed by atoms with Crippen molar-refractivity contribution in [3.8, 4) is 0 Å². The molecule has 3 heteroatoms. The number of hydrogen-bond acceptors (Lipinski definition) is 2. The fourth-order valence-corrected chi connectivity index (χ4v) is 3.02. The van der Waals surface area contributed by atoms with Crippen molar-refractivity contribution in [2.24, 2.45) is 5.92 Å². The molecule has 0 aromatic rings. The van der Waals surface area contributed by atoms with Crippen LogP contribution in [0.4, 0.5) is 0 Å². The van der Waals surface area contributed by atoms with Crippen LogP contribution < -0.4 is 5.32 Å². The average Bonchev–Trinajstić information content (AvgIpc) is 2.30. The maximum Gasteiger partial charge on any atom is 0.240 e. The second-order valence-corrected chi connectivity index (χ2v) is 6.29. The van der Waals surface area contributed by atoms with Crippen LogP contribution in [-0.4, -0.2) is 36.0 Å². The van der Waals surface area contributed by atoms with Crippen LogP contribution in [0.2, 0.25) is 0 Å². The van der Waals surface area contributed by atoms with Crippen LogP contribution >= 0.6 is 0 Å². The van der Waals surface area contributed by atoms with Crippen molar-refractivity contribution >= 4 is 5.91 Å². The van der Waals surface area contributed by atoms with Gasteiger partial charge in [-0.2, -0.15) is 0 Å². The van der Waals surface area contributed by atoms with E-state index in [1.165, 1.54) is 19.3 Å². The lowest BCUT2D eigenvalue weighted by Crippen LogP contribution is -2.54. The van der Waals surface area contributed by atoms with E-state index in [1.54, 1.807) is 0 Å². The fraction of sp³-hybridized carbons (Fsp3) is 0.929. The number of nitrogens with one attached hydrogen (secondary N) is 1. The van der Waals surface area contributed by atoms with Gasteiger partial charge in [-0.05, 0) is 58.9 Å². The molecule has 1 heterocycles. The van der Waals surface area contributed by atoms with Crippen molar-refractivity contribution in [2.45, 2.75) is 64.0 Å². The van der Waals surface area contributed by atoms with E-state index in [0.717, 1.165) is 31.7 Å². The second-order valence-electron chi connectivity index (χ2n) is 6.29. The Morgan fingerprint density at radius 1 is 1.29 bits per heavy atom. The van der Waals surface area contributed by atoms with Crippen molar-refractivity contribution in [3.63, 3.8) is 0 Å². The first kappa shape index (κ1) is 12.9. The number of likely N-dealkylation sites (N-methyl/N-ethyl adjacent to an activating group) is 1. The Balaban J connectivity index is 2.11. The third-order valence-corrected chi connectivity index (χ3v) is 4.59. The molecule has 0 aromatic carbocycles. The van der Waals surface area contributed by atoms with Gasteiger partial charge >= 0.3 is 0 Å². The summed E-state index contributed by atoms with van der Waals surface area (Å²) < 4.78 is 0. The van der Waals surface area contributed by atoms with Gasteiger partial charge in [0.15, 0.2) is 0 Å². The summed E-state index contributed by atoms with van der Waals surface area (Å²) in [7, 11) is 1.91. The molecule has 2 fully saturated rings. The van der Waals surface area contributed by atoms with Crippen molar-refractivity contribution in [2.75, 3.05) is 13.6 Å². The van der Waals surface area contributed by atoms with Gasteiger partial charge in [-0.3, -0.25) is 4.79 Å². The molecule has 1 saturated carbocycles. The molecule has 1 N–H and O–H groups in total. The summed E-state index contributed by atoms with van der Waals surface area (Å²) in [5.41, 5.74) is 0.0400. The molecule has 1 unspecified atom stereocenters. The van der Waals surface area contributed by atoms with Gasteiger partial charge in [-0.25, -0.2) is 0 Å². The molecule has 3 nitrogen and oxygen atoms in total. The highest BCUT2D eigenvalue weighted by Crippen LogP contribution is 2.33. The minimum Gasteiger partial charge on any atom is -0.336 e. The summed E-state index contributed by atoms with van der Waals surface area (Å²) in [4.78, 5) is 14.7. The molecular formula is C14H26N2O. The summed E-state index contributed by atoms with van der Waals surface area (Å²) in [6, 6.07) is 0.0388. The number of likely N-dealkylation sites (tertiary alicyclic amines) is 1. The van der Waals surface area contributed by atoms with Crippen LogP contribution in [0.1, 0.15) is 52.4 Å². The maximum absolute atomic E-state index is 12.5. The summed E-state index contributed by atoms with van der Waals surface area (Å²) in [5.74, 6) is 1.08. The lowest BCUT2D eigenvalue weighted by molar-refractivity contribution is -0.139.